The van der Waals surface area contributed by atoms with E-state index in [9.17, 15) is 4.79 Å². The van der Waals surface area contributed by atoms with Gasteiger partial charge >= 0.3 is 0 Å². The van der Waals surface area contributed by atoms with Crippen molar-refractivity contribution >= 4 is 23.4 Å². The van der Waals surface area contributed by atoms with Gasteiger partial charge in [0.1, 0.15) is 5.75 Å². The lowest BCUT2D eigenvalue weighted by atomic mass is 9.87. The first-order chi connectivity index (χ1) is 13.4. The summed E-state index contributed by atoms with van der Waals surface area (Å²) in [6.07, 6.45) is 0. The smallest absolute Gasteiger partial charge is 0.233 e. The number of anilines is 1. The molecule has 0 aliphatic carbocycles. The third kappa shape index (κ3) is 5.22. The standard InChI is InChI=1S/C23H30N2O2S/c1-23(2,3)18-5-11-21(12-6-18)28-17-22(26)25-15-13-24(14-16-25)19-7-9-20(27-4)10-8-19/h5-12H,13-17H2,1-4H3. The van der Waals surface area contributed by atoms with Gasteiger partial charge in [-0.2, -0.15) is 0 Å². The zero-order chi connectivity index (χ0) is 20.1. The summed E-state index contributed by atoms with van der Waals surface area (Å²) in [7, 11) is 1.68. The molecule has 1 heterocycles. The molecule has 150 valence electrons. The minimum atomic E-state index is 0.155. The first kappa shape index (κ1) is 20.6. The molecule has 0 saturated carbocycles. The minimum Gasteiger partial charge on any atom is -0.497 e. The molecule has 1 aliphatic rings. The van der Waals surface area contributed by atoms with Gasteiger partial charge in [-0.1, -0.05) is 32.9 Å². The van der Waals surface area contributed by atoms with Crippen molar-refractivity contribution in [2.24, 2.45) is 0 Å². The average molecular weight is 399 g/mol. The highest BCUT2D eigenvalue weighted by Crippen LogP contribution is 2.26. The van der Waals surface area contributed by atoms with Gasteiger partial charge in [0.15, 0.2) is 0 Å². The number of rotatable bonds is 5. The largest absolute Gasteiger partial charge is 0.497 e. The van der Waals surface area contributed by atoms with Crippen LogP contribution >= 0.6 is 11.8 Å². The van der Waals surface area contributed by atoms with Gasteiger partial charge in [-0.25, -0.2) is 0 Å². The summed E-state index contributed by atoms with van der Waals surface area (Å²) in [4.78, 5) is 18.0. The number of methoxy groups -OCH3 is 1. The maximum absolute atomic E-state index is 12.6. The Kier molecular flexibility index (Phi) is 6.55. The third-order valence-corrected chi connectivity index (χ3v) is 6.15. The van der Waals surface area contributed by atoms with E-state index in [2.05, 4.69) is 62.1 Å². The van der Waals surface area contributed by atoms with Crippen LogP contribution in [-0.4, -0.2) is 49.8 Å². The number of carbonyl (C=O) groups excluding carboxylic acids is 1. The maximum atomic E-state index is 12.6. The van der Waals surface area contributed by atoms with Gasteiger partial charge in [0, 0.05) is 36.8 Å². The van der Waals surface area contributed by atoms with Crippen molar-refractivity contribution in [1.29, 1.82) is 0 Å². The lowest BCUT2D eigenvalue weighted by Crippen LogP contribution is -2.49. The fourth-order valence-corrected chi connectivity index (χ4v) is 4.10. The summed E-state index contributed by atoms with van der Waals surface area (Å²) < 4.78 is 5.22. The second kappa shape index (κ2) is 8.91. The molecule has 5 heteroatoms. The van der Waals surface area contributed by atoms with Gasteiger partial charge in [0.25, 0.3) is 0 Å². The molecule has 0 atom stereocenters. The van der Waals surface area contributed by atoms with Gasteiger partial charge in [-0.15, -0.1) is 11.8 Å². The Bertz CT molecular complexity index is 774. The van der Waals surface area contributed by atoms with Crippen molar-refractivity contribution < 1.29 is 9.53 Å². The molecule has 3 rings (SSSR count). The summed E-state index contributed by atoms with van der Waals surface area (Å²) in [6, 6.07) is 16.7. The second-order valence-corrected chi connectivity index (χ2v) is 9.18. The number of hydrogen-bond acceptors (Lipinski definition) is 4. The lowest BCUT2D eigenvalue weighted by molar-refractivity contribution is -0.128. The van der Waals surface area contributed by atoms with Crippen LogP contribution in [0.5, 0.6) is 5.75 Å². The Balaban J connectivity index is 1.47. The highest BCUT2D eigenvalue weighted by molar-refractivity contribution is 8.00. The van der Waals surface area contributed by atoms with Gasteiger partial charge < -0.3 is 14.5 Å². The summed E-state index contributed by atoms with van der Waals surface area (Å²) >= 11 is 1.62. The van der Waals surface area contributed by atoms with E-state index in [1.54, 1.807) is 18.9 Å². The molecule has 0 spiro atoms. The fourth-order valence-electron chi connectivity index (χ4n) is 3.29. The highest BCUT2D eigenvalue weighted by Gasteiger charge is 2.21. The van der Waals surface area contributed by atoms with Crippen molar-refractivity contribution in [3.05, 3.63) is 54.1 Å². The van der Waals surface area contributed by atoms with E-state index in [1.165, 1.54) is 11.3 Å². The molecule has 1 saturated heterocycles. The monoisotopic (exact) mass is 398 g/mol. The molecule has 1 fully saturated rings. The van der Waals surface area contributed by atoms with Crippen molar-refractivity contribution in [2.45, 2.75) is 31.1 Å². The molecule has 0 radical (unpaired) electrons. The summed E-state index contributed by atoms with van der Waals surface area (Å²) in [6.45, 7) is 9.91. The van der Waals surface area contributed by atoms with Crippen molar-refractivity contribution in [3.8, 4) is 5.75 Å². The topological polar surface area (TPSA) is 32.8 Å². The Morgan fingerprint density at radius 1 is 0.964 bits per heavy atom. The van der Waals surface area contributed by atoms with Gasteiger partial charge in [-0.05, 0) is 47.4 Å². The van der Waals surface area contributed by atoms with E-state index in [1.807, 2.05) is 17.0 Å². The number of benzene rings is 2. The zero-order valence-electron chi connectivity index (χ0n) is 17.3. The van der Waals surface area contributed by atoms with E-state index in [4.69, 9.17) is 4.74 Å². The summed E-state index contributed by atoms with van der Waals surface area (Å²) in [5.74, 6) is 1.58. The van der Waals surface area contributed by atoms with Crippen molar-refractivity contribution in [3.63, 3.8) is 0 Å². The molecule has 2 aromatic rings. The predicted molar refractivity (Wildman–Crippen MR) is 118 cm³/mol. The van der Waals surface area contributed by atoms with Crippen LogP contribution in [0.2, 0.25) is 0 Å². The summed E-state index contributed by atoms with van der Waals surface area (Å²) in [5.41, 5.74) is 2.65. The van der Waals surface area contributed by atoms with Crippen LogP contribution in [-0.2, 0) is 10.2 Å². The number of hydrogen-bond donors (Lipinski definition) is 0. The fraction of sp³-hybridized carbons (Fsp3) is 0.435. The van der Waals surface area contributed by atoms with Crippen LogP contribution < -0.4 is 9.64 Å². The van der Waals surface area contributed by atoms with Crippen LogP contribution in [0.25, 0.3) is 0 Å². The van der Waals surface area contributed by atoms with E-state index >= 15 is 0 Å². The first-order valence-electron chi connectivity index (χ1n) is 9.77. The molecular formula is C23H30N2O2S. The quantitative estimate of drug-likeness (QED) is 0.698. The molecule has 0 bridgehead atoms. The molecule has 2 aromatic carbocycles. The van der Waals surface area contributed by atoms with Crippen LogP contribution in [0.4, 0.5) is 5.69 Å². The number of ether oxygens (including phenoxy) is 1. The Hall–Kier alpha value is -2.14. The van der Waals surface area contributed by atoms with E-state index in [0.29, 0.717) is 5.75 Å². The van der Waals surface area contributed by atoms with Gasteiger partial charge in [-0.3, -0.25) is 4.79 Å². The lowest BCUT2D eigenvalue weighted by Gasteiger charge is -2.36. The molecule has 1 amide bonds. The van der Waals surface area contributed by atoms with E-state index in [0.717, 1.165) is 36.8 Å². The molecule has 0 aromatic heterocycles. The Morgan fingerprint density at radius 2 is 1.57 bits per heavy atom. The first-order valence-corrected chi connectivity index (χ1v) is 10.8. The Morgan fingerprint density at radius 3 is 2.11 bits per heavy atom. The third-order valence-electron chi connectivity index (χ3n) is 5.15. The minimum absolute atomic E-state index is 0.155. The number of carbonyl (C=O) groups is 1. The second-order valence-electron chi connectivity index (χ2n) is 8.13. The van der Waals surface area contributed by atoms with Crippen LogP contribution in [0, 0.1) is 0 Å². The zero-order valence-corrected chi connectivity index (χ0v) is 18.1. The molecule has 0 N–H and O–H groups in total. The number of thioether (sulfide) groups is 1. The van der Waals surface area contributed by atoms with E-state index in [-0.39, 0.29) is 11.3 Å². The molecular weight excluding hydrogens is 368 g/mol. The maximum Gasteiger partial charge on any atom is 0.233 e. The van der Waals surface area contributed by atoms with Gasteiger partial charge in [0.05, 0.1) is 12.9 Å². The molecule has 28 heavy (non-hydrogen) atoms. The Labute approximate surface area is 172 Å². The van der Waals surface area contributed by atoms with Crippen LogP contribution in [0.15, 0.2) is 53.4 Å². The molecule has 1 aliphatic heterocycles. The normalized spacial score (nSPS) is 14.9. The van der Waals surface area contributed by atoms with E-state index < -0.39 is 0 Å². The predicted octanol–water partition coefficient (Wildman–Crippen LogP) is 4.43. The number of piperazine rings is 1. The average Bonchev–Trinajstić information content (AvgIpc) is 2.72. The SMILES string of the molecule is COc1ccc(N2CCN(C(=O)CSc3ccc(C(C)(C)C)cc3)CC2)cc1. The number of amides is 1. The summed E-state index contributed by atoms with van der Waals surface area (Å²) in [5, 5.41) is 0. The highest BCUT2D eigenvalue weighted by atomic mass is 32.2. The van der Waals surface area contributed by atoms with Crippen LogP contribution in [0.3, 0.4) is 0 Å². The van der Waals surface area contributed by atoms with Crippen LogP contribution in [0.1, 0.15) is 26.3 Å². The number of nitrogens with zero attached hydrogens (tertiary/aromatic N) is 2. The van der Waals surface area contributed by atoms with Gasteiger partial charge in [0.2, 0.25) is 5.91 Å². The molecule has 4 nitrogen and oxygen atoms in total. The molecule has 0 unspecified atom stereocenters. The van der Waals surface area contributed by atoms with Crippen molar-refractivity contribution in [2.75, 3.05) is 43.9 Å². The van der Waals surface area contributed by atoms with Crippen molar-refractivity contribution in [1.82, 2.24) is 4.90 Å².